The van der Waals surface area contributed by atoms with E-state index in [4.69, 9.17) is 0 Å². The van der Waals surface area contributed by atoms with Gasteiger partial charge in [0.05, 0.1) is 12.5 Å². The van der Waals surface area contributed by atoms with Gasteiger partial charge in [-0.05, 0) is 12.8 Å². The number of anilines is 1. The highest BCUT2D eigenvalue weighted by molar-refractivity contribution is 5.70. The molecule has 0 aliphatic heterocycles. The number of imidazole rings is 1. The summed E-state index contributed by atoms with van der Waals surface area (Å²) < 4.78 is 27.9. The van der Waals surface area contributed by atoms with Crippen molar-refractivity contribution in [1.29, 1.82) is 0 Å². The average molecular weight is 267 g/mol. The summed E-state index contributed by atoms with van der Waals surface area (Å²) in [7, 11) is 1.87. The van der Waals surface area contributed by atoms with Gasteiger partial charge in [0.15, 0.2) is 5.65 Å². The number of hydrogen-bond acceptors (Lipinski definition) is 4. The van der Waals surface area contributed by atoms with Crippen molar-refractivity contribution >= 4 is 17.1 Å². The first-order valence-corrected chi connectivity index (χ1v) is 6.32. The monoisotopic (exact) mass is 267 g/mol. The maximum Gasteiger partial charge on any atom is 0.248 e. The lowest BCUT2D eigenvalue weighted by atomic mass is 9.92. The van der Waals surface area contributed by atoms with Gasteiger partial charge in [0.25, 0.3) is 0 Å². The molecule has 3 rings (SSSR count). The van der Waals surface area contributed by atoms with Gasteiger partial charge in [0, 0.05) is 25.9 Å². The molecule has 0 bridgehead atoms. The van der Waals surface area contributed by atoms with E-state index in [1.165, 1.54) is 0 Å². The summed E-state index contributed by atoms with van der Waals surface area (Å²) in [6, 6.07) is 0.0146. The van der Waals surface area contributed by atoms with Crippen molar-refractivity contribution in [2.75, 3.05) is 5.32 Å². The highest BCUT2D eigenvalue weighted by Crippen LogP contribution is 2.33. The highest BCUT2D eigenvalue weighted by Gasteiger charge is 2.35. The van der Waals surface area contributed by atoms with Crippen molar-refractivity contribution in [3.05, 3.63) is 12.5 Å². The SMILES string of the molecule is Cn1cnc2nc(NC3CCC(F)(F)CC3)ncc21. The molecule has 1 N–H and O–H groups in total. The fourth-order valence-corrected chi connectivity index (χ4v) is 2.35. The van der Waals surface area contributed by atoms with Crippen molar-refractivity contribution in [1.82, 2.24) is 19.5 Å². The molecule has 0 radical (unpaired) electrons. The summed E-state index contributed by atoms with van der Waals surface area (Å²) in [6.07, 6.45) is 4.10. The molecule has 19 heavy (non-hydrogen) atoms. The van der Waals surface area contributed by atoms with E-state index in [0.717, 1.165) is 5.52 Å². The van der Waals surface area contributed by atoms with Gasteiger partial charge in [-0.1, -0.05) is 0 Å². The van der Waals surface area contributed by atoms with Crippen molar-refractivity contribution in [2.24, 2.45) is 7.05 Å². The van der Waals surface area contributed by atoms with E-state index < -0.39 is 5.92 Å². The third-order valence-corrected chi connectivity index (χ3v) is 3.53. The Morgan fingerprint density at radius 1 is 1.32 bits per heavy atom. The number of rotatable bonds is 2. The minimum absolute atomic E-state index is 0.0146. The van der Waals surface area contributed by atoms with Crippen molar-refractivity contribution < 1.29 is 8.78 Å². The largest absolute Gasteiger partial charge is 0.351 e. The second kappa shape index (κ2) is 4.40. The van der Waals surface area contributed by atoms with E-state index in [1.54, 1.807) is 12.5 Å². The zero-order valence-corrected chi connectivity index (χ0v) is 10.6. The smallest absolute Gasteiger partial charge is 0.248 e. The molecular formula is C12H15F2N5. The van der Waals surface area contributed by atoms with Crippen molar-refractivity contribution in [2.45, 2.75) is 37.6 Å². The number of aryl methyl sites for hydroxylation is 1. The number of alkyl halides is 2. The predicted molar refractivity (Wildman–Crippen MR) is 67.1 cm³/mol. The molecule has 2 heterocycles. The minimum Gasteiger partial charge on any atom is -0.351 e. The normalized spacial score (nSPS) is 19.7. The maximum absolute atomic E-state index is 13.1. The van der Waals surface area contributed by atoms with E-state index in [1.807, 2.05) is 11.6 Å². The number of nitrogens with zero attached hydrogens (tertiary/aromatic N) is 4. The van der Waals surface area contributed by atoms with Gasteiger partial charge < -0.3 is 9.88 Å². The van der Waals surface area contributed by atoms with Crippen LogP contribution < -0.4 is 5.32 Å². The second-order valence-corrected chi connectivity index (χ2v) is 5.03. The average Bonchev–Trinajstić information content (AvgIpc) is 2.74. The van der Waals surface area contributed by atoms with Crippen LogP contribution in [0.4, 0.5) is 14.7 Å². The third kappa shape index (κ3) is 2.50. The maximum atomic E-state index is 13.1. The Kier molecular flexibility index (Phi) is 2.83. The van der Waals surface area contributed by atoms with Crippen molar-refractivity contribution in [3.8, 4) is 0 Å². The molecule has 0 atom stereocenters. The molecule has 0 spiro atoms. The molecule has 1 fully saturated rings. The highest BCUT2D eigenvalue weighted by atomic mass is 19.3. The fourth-order valence-electron chi connectivity index (χ4n) is 2.35. The van der Waals surface area contributed by atoms with E-state index in [-0.39, 0.29) is 18.9 Å². The molecule has 0 amide bonds. The summed E-state index contributed by atoms with van der Waals surface area (Å²) in [5.41, 5.74) is 1.46. The number of aromatic nitrogens is 4. The Bertz CT molecular complexity index is 585. The van der Waals surface area contributed by atoms with E-state index in [9.17, 15) is 8.78 Å². The van der Waals surface area contributed by atoms with Gasteiger partial charge in [0.1, 0.15) is 5.52 Å². The van der Waals surface area contributed by atoms with Crippen LogP contribution >= 0.6 is 0 Å². The molecule has 1 aliphatic carbocycles. The second-order valence-electron chi connectivity index (χ2n) is 5.03. The molecule has 7 heteroatoms. The first kappa shape index (κ1) is 12.3. The van der Waals surface area contributed by atoms with Crippen molar-refractivity contribution in [3.63, 3.8) is 0 Å². The lowest BCUT2D eigenvalue weighted by molar-refractivity contribution is -0.0361. The molecule has 2 aromatic rings. The van der Waals surface area contributed by atoms with E-state index >= 15 is 0 Å². The van der Waals surface area contributed by atoms with Gasteiger partial charge in [-0.25, -0.2) is 18.7 Å². The number of nitrogens with one attached hydrogen (secondary N) is 1. The lowest BCUT2D eigenvalue weighted by Crippen LogP contribution is -2.32. The fraction of sp³-hybridized carbons (Fsp3) is 0.583. The van der Waals surface area contributed by atoms with Gasteiger partial charge in [-0.15, -0.1) is 0 Å². The Labute approximate surface area is 109 Å². The summed E-state index contributed by atoms with van der Waals surface area (Å²) in [5.74, 6) is -2.05. The first-order valence-electron chi connectivity index (χ1n) is 6.32. The standard InChI is InChI=1S/C12H15F2N5/c1-19-7-16-10-9(19)6-15-11(18-10)17-8-2-4-12(13,14)5-3-8/h6-8H,2-5H2,1H3,(H,15,17,18). The third-order valence-electron chi connectivity index (χ3n) is 3.53. The first-order chi connectivity index (χ1) is 9.03. The Balaban J connectivity index is 1.72. The van der Waals surface area contributed by atoms with Gasteiger partial charge in [0.2, 0.25) is 11.9 Å². The van der Waals surface area contributed by atoms with Crippen LogP contribution in [0.15, 0.2) is 12.5 Å². The number of hydrogen-bond donors (Lipinski definition) is 1. The van der Waals surface area contributed by atoms with Crippen LogP contribution in [0.25, 0.3) is 11.2 Å². The summed E-state index contributed by atoms with van der Waals surface area (Å²) in [6.45, 7) is 0. The van der Waals surface area contributed by atoms with Crippen LogP contribution in [0.1, 0.15) is 25.7 Å². The van der Waals surface area contributed by atoms with Crippen LogP contribution in [0.3, 0.4) is 0 Å². The lowest BCUT2D eigenvalue weighted by Gasteiger charge is -2.28. The Morgan fingerprint density at radius 3 is 2.79 bits per heavy atom. The Morgan fingerprint density at radius 2 is 2.05 bits per heavy atom. The molecule has 1 aliphatic rings. The zero-order valence-electron chi connectivity index (χ0n) is 10.6. The Hall–Kier alpha value is -1.79. The molecule has 2 aromatic heterocycles. The molecule has 1 saturated carbocycles. The summed E-state index contributed by atoms with van der Waals surface area (Å²) in [4.78, 5) is 12.6. The van der Waals surface area contributed by atoms with Crippen LogP contribution in [-0.4, -0.2) is 31.5 Å². The van der Waals surface area contributed by atoms with Crippen LogP contribution in [0.5, 0.6) is 0 Å². The van der Waals surface area contributed by atoms with Crippen LogP contribution in [-0.2, 0) is 7.05 Å². The van der Waals surface area contributed by atoms with Gasteiger partial charge in [-0.2, -0.15) is 4.98 Å². The van der Waals surface area contributed by atoms with Crippen LogP contribution in [0.2, 0.25) is 0 Å². The van der Waals surface area contributed by atoms with Gasteiger partial charge in [-0.3, -0.25) is 0 Å². The summed E-state index contributed by atoms with van der Waals surface area (Å²) in [5, 5.41) is 3.12. The van der Waals surface area contributed by atoms with Crippen LogP contribution in [0, 0.1) is 0 Å². The zero-order chi connectivity index (χ0) is 13.5. The topological polar surface area (TPSA) is 55.6 Å². The van der Waals surface area contributed by atoms with E-state index in [2.05, 4.69) is 20.3 Å². The molecule has 5 nitrogen and oxygen atoms in total. The quantitative estimate of drug-likeness (QED) is 0.907. The minimum atomic E-state index is -2.51. The molecule has 0 unspecified atom stereocenters. The molecule has 102 valence electrons. The molecule has 0 aromatic carbocycles. The molecule has 0 saturated heterocycles. The van der Waals surface area contributed by atoms with E-state index in [0.29, 0.717) is 24.4 Å². The number of halogens is 2. The predicted octanol–water partition coefficient (Wildman–Crippen LogP) is 2.35. The van der Waals surface area contributed by atoms with Gasteiger partial charge >= 0.3 is 0 Å². The molecular weight excluding hydrogens is 252 g/mol. The number of fused-ring (bicyclic) bond motifs is 1. The summed E-state index contributed by atoms with van der Waals surface area (Å²) >= 11 is 0.